The van der Waals surface area contributed by atoms with Crippen LogP contribution in [0, 0.1) is 23.7 Å². The molecule has 5 atom stereocenters. The Labute approximate surface area is 158 Å². The first-order chi connectivity index (χ1) is 11.9. The highest BCUT2D eigenvalue weighted by atomic mass is 79.9. The van der Waals surface area contributed by atoms with Crippen molar-refractivity contribution in [2.45, 2.75) is 19.4 Å². The molecule has 0 unspecified atom stereocenters. The van der Waals surface area contributed by atoms with Gasteiger partial charge in [-0.1, -0.05) is 23.8 Å². The number of anilines is 1. The Morgan fingerprint density at radius 1 is 1.24 bits per heavy atom. The zero-order valence-corrected chi connectivity index (χ0v) is 15.8. The van der Waals surface area contributed by atoms with Crippen molar-refractivity contribution in [3.8, 4) is 0 Å². The van der Waals surface area contributed by atoms with Crippen LogP contribution in [0.5, 0.6) is 0 Å². The Morgan fingerprint density at radius 3 is 2.40 bits per heavy atom. The predicted molar refractivity (Wildman–Crippen MR) is 96.8 cm³/mol. The fourth-order valence-electron chi connectivity index (χ4n) is 4.24. The average molecular weight is 424 g/mol. The number of carbonyl (C=O) groups excluding carboxylic acids is 3. The fourth-order valence-corrected chi connectivity index (χ4v) is 4.67. The van der Waals surface area contributed by atoms with Crippen LogP contribution in [-0.2, 0) is 14.4 Å². The van der Waals surface area contributed by atoms with Crippen molar-refractivity contribution < 1.29 is 14.4 Å². The first kappa shape index (κ1) is 16.8. The third-order valence-electron chi connectivity index (χ3n) is 5.46. The van der Waals surface area contributed by atoms with Crippen molar-refractivity contribution in [3.63, 3.8) is 0 Å². The van der Waals surface area contributed by atoms with Gasteiger partial charge in [-0.25, -0.2) is 0 Å². The van der Waals surface area contributed by atoms with E-state index in [-0.39, 0.29) is 35.5 Å². The SMILES string of the molecule is C[C@@H](C(=O)Nc1ccc(Br)c(Cl)c1)N1C(=O)[C@@H]2[C@H](C1=O)[C@H]1C=C[C@H]2C1. The highest BCUT2D eigenvalue weighted by Crippen LogP contribution is 2.52. The molecule has 0 radical (unpaired) electrons. The van der Waals surface area contributed by atoms with Crippen molar-refractivity contribution in [3.05, 3.63) is 39.8 Å². The zero-order valence-electron chi connectivity index (χ0n) is 13.4. The molecule has 2 aliphatic carbocycles. The molecule has 1 N–H and O–H groups in total. The van der Waals surface area contributed by atoms with E-state index in [1.165, 1.54) is 0 Å². The van der Waals surface area contributed by atoms with E-state index in [9.17, 15) is 14.4 Å². The molecule has 3 amide bonds. The van der Waals surface area contributed by atoms with Gasteiger partial charge in [0.05, 0.1) is 16.9 Å². The number of benzene rings is 1. The standard InChI is InChI=1S/C18H16BrClN2O3/c1-8(16(23)21-11-4-5-12(19)13(20)7-11)22-17(24)14-9-2-3-10(6-9)15(14)18(22)25/h2-5,7-10,14-15H,6H2,1H3,(H,21,23)/t8-,9-,10-,14-,15+/m0/s1. The summed E-state index contributed by atoms with van der Waals surface area (Å²) in [6.45, 7) is 1.59. The van der Waals surface area contributed by atoms with Crippen LogP contribution in [0.25, 0.3) is 0 Å². The van der Waals surface area contributed by atoms with Gasteiger partial charge >= 0.3 is 0 Å². The van der Waals surface area contributed by atoms with Gasteiger partial charge in [-0.3, -0.25) is 19.3 Å². The van der Waals surface area contributed by atoms with E-state index in [0.29, 0.717) is 10.7 Å². The third kappa shape index (κ3) is 2.54. The Morgan fingerprint density at radius 2 is 1.84 bits per heavy atom. The van der Waals surface area contributed by atoms with E-state index >= 15 is 0 Å². The molecule has 130 valence electrons. The molecule has 4 rings (SSSR count). The summed E-state index contributed by atoms with van der Waals surface area (Å²) in [5, 5.41) is 3.19. The molecule has 3 aliphatic rings. The van der Waals surface area contributed by atoms with Crippen LogP contribution in [-0.4, -0.2) is 28.7 Å². The number of nitrogens with one attached hydrogen (secondary N) is 1. The second-order valence-electron chi connectivity index (χ2n) is 6.84. The summed E-state index contributed by atoms with van der Waals surface area (Å²) in [6.07, 6.45) is 4.95. The number of likely N-dealkylation sites (tertiary alicyclic amines) is 1. The van der Waals surface area contributed by atoms with Gasteiger partial charge in [-0.15, -0.1) is 0 Å². The summed E-state index contributed by atoms with van der Waals surface area (Å²) < 4.78 is 0.723. The number of hydrogen-bond acceptors (Lipinski definition) is 3. The molecule has 2 fully saturated rings. The molecule has 2 bridgehead atoms. The summed E-state index contributed by atoms with van der Waals surface area (Å²) in [4.78, 5) is 39.2. The summed E-state index contributed by atoms with van der Waals surface area (Å²) in [5.74, 6) is -1.15. The quantitative estimate of drug-likeness (QED) is 0.599. The second-order valence-corrected chi connectivity index (χ2v) is 8.10. The Balaban J connectivity index is 1.52. The average Bonchev–Trinajstić information content (AvgIpc) is 3.24. The van der Waals surface area contributed by atoms with Crippen molar-refractivity contribution in [1.29, 1.82) is 0 Å². The fraction of sp³-hybridized carbons (Fsp3) is 0.389. The summed E-state index contributed by atoms with van der Waals surface area (Å²) >= 11 is 9.32. The number of nitrogens with zero attached hydrogens (tertiary/aromatic N) is 1. The van der Waals surface area contributed by atoms with E-state index in [1.807, 2.05) is 12.2 Å². The van der Waals surface area contributed by atoms with Crippen LogP contribution in [0.3, 0.4) is 0 Å². The lowest BCUT2D eigenvalue weighted by molar-refractivity contribution is -0.146. The maximum Gasteiger partial charge on any atom is 0.247 e. The molecule has 1 aromatic carbocycles. The smallest absolute Gasteiger partial charge is 0.247 e. The van der Waals surface area contributed by atoms with Crippen molar-refractivity contribution >= 4 is 50.9 Å². The minimum Gasteiger partial charge on any atom is -0.324 e. The summed E-state index contributed by atoms with van der Waals surface area (Å²) in [6, 6.07) is 4.19. The molecule has 0 aromatic heterocycles. The van der Waals surface area contributed by atoms with Gasteiger partial charge < -0.3 is 5.32 Å². The zero-order chi connectivity index (χ0) is 17.9. The van der Waals surface area contributed by atoms with Crippen LogP contribution < -0.4 is 5.32 Å². The van der Waals surface area contributed by atoms with Crippen LogP contribution in [0.2, 0.25) is 5.02 Å². The van der Waals surface area contributed by atoms with E-state index in [0.717, 1.165) is 15.8 Å². The third-order valence-corrected chi connectivity index (χ3v) is 6.69. The van der Waals surface area contributed by atoms with Crippen LogP contribution in [0.4, 0.5) is 5.69 Å². The molecule has 5 nitrogen and oxygen atoms in total. The number of imide groups is 1. The molecule has 0 spiro atoms. The molecule has 1 saturated heterocycles. The van der Waals surface area contributed by atoms with Gasteiger partial charge in [0.15, 0.2) is 0 Å². The van der Waals surface area contributed by atoms with Crippen molar-refractivity contribution in [2.75, 3.05) is 5.32 Å². The molecular formula is C18H16BrClN2O3. The Bertz CT molecular complexity index is 795. The molecule has 7 heteroatoms. The van der Waals surface area contributed by atoms with Gasteiger partial charge in [0.25, 0.3) is 0 Å². The van der Waals surface area contributed by atoms with Gasteiger partial charge in [-0.05, 0) is 59.3 Å². The maximum absolute atomic E-state index is 12.7. The van der Waals surface area contributed by atoms with Crippen LogP contribution in [0.15, 0.2) is 34.8 Å². The number of allylic oxidation sites excluding steroid dienone is 2. The number of rotatable bonds is 3. The molecular weight excluding hydrogens is 408 g/mol. The normalized spacial score (nSPS) is 30.8. The molecule has 1 heterocycles. The lowest BCUT2D eigenvalue weighted by atomic mass is 9.85. The van der Waals surface area contributed by atoms with E-state index in [4.69, 9.17) is 11.6 Å². The van der Waals surface area contributed by atoms with Crippen LogP contribution >= 0.6 is 27.5 Å². The maximum atomic E-state index is 12.7. The van der Waals surface area contributed by atoms with E-state index in [1.54, 1.807) is 25.1 Å². The van der Waals surface area contributed by atoms with Gasteiger partial charge in [0.1, 0.15) is 6.04 Å². The lowest BCUT2D eigenvalue weighted by Crippen LogP contribution is -2.46. The minimum absolute atomic E-state index is 0.136. The molecule has 1 saturated carbocycles. The van der Waals surface area contributed by atoms with E-state index < -0.39 is 11.9 Å². The van der Waals surface area contributed by atoms with E-state index in [2.05, 4.69) is 21.2 Å². The summed E-state index contributed by atoms with van der Waals surface area (Å²) in [7, 11) is 0. The number of carbonyl (C=O) groups is 3. The van der Waals surface area contributed by atoms with Gasteiger partial charge in [0, 0.05) is 10.2 Å². The highest BCUT2D eigenvalue weighted by Gasteiger charge is 2.60. The minimum atomic E-state index is -0.854. The first-order valence-electron chi connectivity index (χ1n) is 8.19. The Kier molecular flexibility index (Phi) is 4.00. The van der Waals surface area contributed by atoms with Crippen molar-refractivity contribution in [2.24, 2.45) is 23.7 Å². The number of fused-ring (bicyclic) bond motifs is 5. The van der Waals surface area contributed by atoms with Gasteiger partial charge in [-0.2, -0.15) is 0 Å². The van der Waals surface area contributed by atoms with Crippen LogP contribution in [0.1, 0.15) is 13.3 Å². The highest BCUT2D eigenvalue weighted by molar-refractivity contribution is 9.10. The second kappa shape index (κ2) is 5.95. The van der Waals surface area contributed by atoms with Gasteiger partial charge in [0.2, 0.25) is 17.7 Å². The first-order valence-corrected chi connectivity index (χ1v) is 9.36. The Hall–Kier alpha value is -1.66. The number of amides is 3. The lowest BCUT2D eigenvalue weighted by Gasteiger charge is -2.23. The molecule has 1 aliphatic heterocycles. The number of hydrogen-bond donors (Lipinski definition) is 1. The van der Waals surface area contributed by atoms with Crippen molar-refractivity contribution in [1.82, 2.24) is 4.90 Å². The predicted octanol–water partition coefficient (Wildman–Crippen LogP) is 3.24. The number of halogens is 2. The monoisotopic (exact) mass is 422 g/mol. The molecule has 25 heavy (non-hydrogen) atoms. The molecule has 1 aromatic rings. The summed E-state index contributed by atoms with van der Waals surface area (Å²) in [5.41, 5.74) is 0.520. The largest absolute Gasteiger partial charge is 0.324 e. The topological polar surface area (TPSA) is 66.5 Å².